The number of rotatable bonds is 10. The van der Waals surface area contributed by atoms with Crippen LogP contribution in [-0.4, -0.2) is 52.7 Å². The summed E-state index contributed by atoms with van der Waals surface area (Å²) in [5.74, 6) is -0.920. The summed E-state index contributed by atoms with van der Waals surface area (Å²) in [6.45, 7) is 8.84. The lowest BCUT2D eigenvalue weighted by atomic mass is 10.0. The van der Waals surface area contributed by atoms with Crippen LogP contribution in [0.1, 0.15) is 56.8 Å². The number of hydrogen-bond acceptors (Lipinski definition) is 5. The van der Waals surface area contributed by atoms with Gasteiger partial charge in [-0.1, -0.05) is 67.1 Å². The zero-order valence-corrected chi connectivity index (χ0v) is 21.2. The largest absolute Gasteiger partial charge is 0.444 e. The molecule has 0 bridgehead atoms. The van der Waals surface area contributed by atoms with E-state index >= 15 is 0 Å². The van der Waals surface area contributed by atoms with Crippen LogP contribution in [0.4, 0.5) is 4.79 Å². The minimum absolute atomic E-state index is 0.253. The monoisotopic (exact) mass is 483 g/mol. The summed E-state index contributed by atoms with van der Waals surface area (Å²) in [5.41, 5.74) is 1.75. The van der Waals surface area contributed by atoms with E-state index < -0.39 is 36.3 Å². The summed E-state index contributed by atoms with van der Waals surface area (Å²) < 4.78 is 5.24. The number of carbonyl (C=O) groups is 3. The van der Waals surface area contributed by atoms with Crippen LogP contribution in [0.3, 0.4) is 0 Å². The van der Waals surface area contributed by atoms with E-state index in [0.717, 1.165) is 11.1 Å². The molecule has 0 aliphatic rings. The number of aryl methyl sites for hydroxylation is 1. The number of ether oxygens (including phenoxy) is 1. The van der Waals surface area contributed by atoms with Crippen molar-refractivity contribution >= 4 is 17.9 Å². The van der Waals surface area contributed by atoms with Crippen molar-refractivity contribution in [1.29, 1.82) is 0 Å². The molecule has 0 radical (unpaired) electrons. The first-order valence-electron chi connectivity index (χ1n) is 11.8. The molecule has 2 unspecified atom stereocenters. The summed E-state index contributed by atoms with van der Waals surface area (Å²) in [5, 5.41) is 15.3. The molecular weight excluding hydrogens is 446 g/mol. The van der Waals surface area contributed by atoms with Crippen molar-refractivity contribution in [3.05, 3.63) is 71.3 Å². The Bertz CT molecular complexity index is 988. The molecule has 3 amide bonds. The number of aliphatic hydroxyl groups excluding tert-OH is 1. The van der Waals surface area contributed by atoms with Crippen LogP contribution in [0.25, 0.3) is 0 Å². The minimum Gasteiger partial charge on any atom is -0.444 e. The second-order valence-corrected chi connectivity index (χ2v) is 9.43. The van der Waals surface area contributed by atoms with Gasteiger partial charge >= 0.3 is 6.09 Å². The fraction of sp³-hybridized carbons (Fsp3) is 0.444. The highest BCUT2D eigenvalue weighted by Gasteiger charge is 2.35. The van der Waals surface area contributed by atoms with Gasteiger partial charge in [0, 0.05) is 13.1 Å². The Labute approximate surface area is 207 Å². The molecule has 0 saturated carbocycles. The van der Waals surface area contributed by atoms with Gasteiger partial charge in [-0.15, -0.1) is 0 Å². The van der Waals surface area contributed by atoms with Crippen molar-refractivity contribution in [2.45, 2.75) is 65.3 Å². The summed E-state index contributed by atoms with van der Waals surface area (Å²) in [4.78, 5) is 40.8. The van der Waals surface area contributed by atoms with Gasteiger partial charge in [0.15, 0.2) is 0 Å². The number of alkyl carbamates (subject to hydrolysis) is 1. The first kappa shape index (κ1) is 27.9. The summed E-state index contributed by atoms with van der Waals surface area (Å²) in [6, 6.07) is 14.7. The van der Waals surface area contributed by atoms with Gasteiger partial charge in [-0.05, 0) is 45.2 Å². The van der Waals surface area contributed by atoms with Gasteiger partial charge in [-0.3, -0.25) is 9.59 Å². The maximum absolute atomic E-state index is 13.6. The Hall–Kier alpha value is -3.39. The first-order valence-corrected chi connectivity index (χ1v) is 11.8. The smallest absolute Gasteiger partial charge is 0.408 e. The van der Waals surface area contributed by atoms with Crippen molar-refractivity contribution < 1.29 is 24.2 Å². The van der Waals surface area contributed by atoms with E-state index in [9.17, 15) is 19.5 Å². The van der Waals surface area contributed by atoms with Crippen LogP contribution < -0.4 is 10.6 Å². The lowest BCUT2D eigenvalue weighted by Gasteiger charge is -2.34. The molecule has 3 N–H and O–H groups in total. The van der Waals surface area contributed by atoms with Crippen molar-refractivity contribution in [1.82, 2.24) is 15.5 Å². The summed E-state index contributed by atoms with van der Waals surface area (Å²) in [7, 11) is 0. The molecule has 0 heterocycles. The maximum Gasteiger partial charge on any atom is 0.408 e. The van der Waals surface area contributed by atoms with Crippen molar-refractivity contribution in [2.75, 3.05) is 13.2 Å². The first-order chi connectivity index (χ1) is 16.6. The highest BCUT2D eigenvalue weighted by molar-refractivity contribution is 5.92. The number of benzene rings is 2. The van der Waals surface area contributed by atoms with Gasteiger partial charge in [0.1, 0.15) is 17.7 Å². The molecule has 190 valence electrons. The zero-order chi connectivity index (χ0) is 26.0. The van der Waals surface area contributed by atoms with Crippen molar-refractivity contribution in [3.63, 3.8) is 0 Å². The number of carbonyl (C=O) groups excluding carboxylic acids is 3. The molecule has 2 rings (SSSR count). The molecule has 0 aliphatic carbocycles. The van der Waals surface area contributed by atoms with E-state index in [1.54, 1.807) is 26.8 Å². The van der Waals surface area contributed by atoms with Gasteiger partial charge in [0.2, 0.25) is 11.8 Å². The molecule has 8 heteroatoms. The van der Waals surface area contributed by atoms with Gasteiger partial charge in [-0.25, -0.2) is 4.79 Å². The molecule has 2 atom stereocenters. The van der Waals surface area contributed by atoms with Gasteiger partial charge in [0.25, 0.3) is 0 Å². The summed E-state index contributed by atoms with van der Waals surface area (Å²) in [6.07, 6.45) is -0.244. The van der Waals surface area contributed by atoms with Crippen molar-refractivity contribution in [3.8, 4) is 0 Å². The maximum atomic E-state index is 13.6. The van der Waals surface area contributed by atoms with Crippen LogP contribution in [0.5, 0.6) is 0 Å². The molecule has 0 spiro atoms. The predicted molar refractivity (Wildman–Crippen MR) is 134 cm³/mol. The van der Waals surface area contributed by atoms with E-state index in [0.29, 0.717) is 18.5 Å². The Kier molecular flexibility index (Phi) is 10.3. The van der Waals surface area contributed by atoms with E-state index in [4.69, 9.17) is 4.74 Å². The van der Waals surface area contributed by atoms with Gasteiger partial charge < -0.3 is 25.4 Å². The van der Waals surface area contributed by atoms with Crippen molar-refractivity contribution in [2.24, 2.45) is 0 Å². The fourth-order valence-corrected chi connectivity index (χ4v) is 3.64. The zero-order valence-electron chi connectivity index (χ0n) is 21.2. The predicted octanol–water partition coefficient (Wildman–Crippen LogP) is 3.48. The van der Waals surface area contributed by atoms with Crippen LogP contribution in [0.2, 0.25) is 0 Å². The normalized spacial score (nSPS) is 12.9. The SMILES string of the molecule is CCCN(C(=O)C(CO)NC(=O)OC(C)(C)C)C(C(=O)NCc1ccccc1)c1cccc(C)c1. The highest BCUT2D eigenvalue weighted by Crippen LogP contribution is 2.24. The fourth-order valence-electron chi connectivity index (χ4n) is 3.64. The van der Waals surface area contributed by atoms with Gasteiger partial charge in [0.05, 0.1) is 6.61 Å². The Morgan fingerprint density at radius 2 is 1.74 bits per heavy atom. The number of nitrogens with one attached hydrogen (secondary N) is 2. The van der Waals surface area contributed by atoms with Gasteiger partial charge in [-0.2, -0.15) is 0 Å². The molecule has 0 aromatic heterocycles. The average molecular weight is 484 g/mol. The lowest BCUT2D eigenvalue weighted by molar-refractivity contribution is -0.143. The molecule has 2 aromatic rings. The minimum atomic E-state index is -1.26. The topological polar surface area (TPSA) is 108 Å². The number of hydrogen-bond donors (Lipinski definition) is 3. The number of nitrogens with zero attached hydrogens (tertiary/aromatic N) is 1. The third-order valence-electron chi connectivity index (χ3n) is 5.15. The average Bonchev–Trinajstić information content (AvgIpc) is 2.80. The molecule has 35 heavy (non-hydrogen) atoms. The third kappa shape index (κ3) is 8.72. The van der Waals surface area contributed by atoms with E-state index in [1.165, 1.54) is 4.90 Å². The number of aliphatic hydroxyl groups is 1. The molecule has 8 nitrogen and oxygen atoms in total. The second kappa shape index (κ2) is 12.9. The van der Waals surface area contributed by atoms with Crippen LogP contribution in [-0.2, 0) is 20.9 Å². The molecular formula is C27H37N3O5. The molecule has 0 fully saturated rings. The van der Waals surface area contributed by atoms with E-state index in [-0.39, 0.29) is 12.5 Å². The Balaban J connectivity index is 2.35. The Morgan fingerprint density at radius 1 is 1.06 bits per heavy atom. The summed E-state index contributed by atoms with van der Waals surface area (Å²) >= 11 is 0. The highest BCUT2D eigenvalue weighted by atomic mass is 16.6. The standard InChI is InChI=1S/C27H37N3O5/c1-6-15-30(25(33)22(18-31)29-26(34)35-27(3,4)5)23(21-14-10-11-19(2)16-21)24(32)28-17-20-12-8-7-9-13-20/h7-14,16,22-23,31H,6,15,17-18H2,1-5H3,(H,28,32)(H,29,34). The van der Waals surface area contributed by atoms with Crippen LogP contribution in [0.15, 0.2) is 54.6 Å². The molecule has 2 aromatic carbocycles. The quantitative estimate of drug-likeness (QED) is 0.480. The third-order valence-corrected chi connectivity index (χ3v) is 5.15. The lowest BCUT2D eigenvalue weighted by Crippen LogP contribution is -2.54. The Morgan fingerprint density at radius 3 is 2.31 bits per heavy atom. The van der Waals surface area contributed by atoms with E-state index in [2.05, 4.69) is 10.6 Å². The second-order valence-electron chi connectivity index (χ2n) is 9.43. The number of amides is 3. The molecule has 0 saturated heterocycles. The van der Waals surface area contributed by atoms with E-state index in [1.807, 2.05) is 62.4 Å². The molecule has 0 aliphatic heterocycles. The van der Waals surface area contributed by atoms with Crippen LogP contribution >= 0.6 is 0 Å². The van der Waals surface area contributed by atoms with Crippen LogP contribution in [0, 0.1) is 6.92 Å².